The SMILES string of the molecule is O=C1CCCN1Cc1nnc(SCC(=O)C23CC4CC(CC(C4)C2)C3)n1-c1ccccn1. The molecule has 3 heterocycles. The molecule has 2 aromatic heterocycles. The molecular formula is C24H29N5O2S. The third-order valence-corrected chi connectivity index (χ3v) is 8.97. The number of ketones is 1. The van der Waals surface area contributed by atoms with E-state index in [2.05, 4.69) is 15.2 Å². The van der Waals surface area contributed by atoms with Crippen molar-refractivity contribution in [2.45, 2.75) is 63.1 Å². The molecule has 168 valence electrons. The zero-order chi connectivity index (χ0) is 21.7. The molecule has 0 aromatic carbocycles. The number of nitrogens with zero attached hydrogens (tertiary/aromatic N) is 5. The molecule has 0 unspecified atom stereocenters. The Balaban J connectivity index is 1.23. The van der Waals surface area contributed by atoms with Crippen LogP contribution in [0.5, 0.6) is 0 Å². The van der Waals surface area contributed by atoms with Crippen LogP contribution >= 0.6 is 11.8 Å². The van der Waals surface area contributed by atoms with E-state index in [1.807, 2.05) is 27.7 Å². The van der Waals surface area contributed by atoms with E-state index in [9.17, 15) is 9.59 Å². The number of amides is 1. The molecule has 0 spiro atoms. The van der Waals surface area contributed by atoms with Gasteiger partial charge in [0.2, 0.25) is 5.91 Å². The molecule has 4 aliphatic carbocycles. The molecule has 1 aliphatic heterocycles. The predicted molar refractivity (Wildman–Crippen MR) is 120 cm³/mol. The van der Waals surface area contributed by atoms with Gasteiger partial charge in [0.15, 0.2) is 11.0 Å². The molecular weight excluding hydrogens is 422 g/mol. The average Bonchev–Trinajstić information content (AvgIpc) is 3.37. The van der Waals surface area contributed by atoms with E-state index in [1.165, 1.54) is 31.0 Å². The molecule has 5 aliphatic rings. The van der Waals surface area contributed by atoms with Crippen LogP contribution in [-0.4, -0.2) is 48.6 Å². The number of thioether (sulfide) groups is 1. The fourth-order valence-electron chi connectivity index (χ4n) is 6.99. The summed E-state index contributed by atoms with van der Waals surface area (Å²) in [7, 11) is 0. The molecule has 2 aromatic rings. The Morgan fingerprint density at radius 2 is 1.84 bits per heavy atom. The maximum atomic E-state index is 13.5. The van der Waals surface area contributed by atoms with E-state index >= 15 is 0 Å². The molecule has 1 saturated heterocycles. The summed E-state index contributed by atoms with van der Waals surface area (Å²) in [5.74, 6) is 4.69. The van der Waals surface area contributed by atoms with Crippen molar-refractivity contribution < 1.29 is 9.59 Å². The first-order chi connectivity index (χ1) is 15.6. The quantitative estimate of drug-likeness (QED) is 0.598. The molecule has 32 heavy (non-hydrogen) atoms. The van der Waals surface area contributed by atoms with Crippen LogP contribution < -0.4 is 0 Å². The van der Waals surface area contributed by atoms with Crippen LogP contribution in [0.15, 0.2) is 29.6 Å². The number of carbonyl (C=O) groups is 2. The topological polar surface area (TPSA) is 81.0 Å². The van der Waals surface area contributed by atoms with Crippen molar-refractivity contribution in [3.63, 3.8) is 0 Å². The smallest absolute Gasteiger partial charge is 0.223 e. The van der Waals surface area contributed by atoms with Crippen LogP contribution in [0.3, 0.4) is 0 Å². The Labute approximate surface area is 192 Å². The van der Waals surface area contributed by atoms with E-state index in [0.717, 1.165) is 55.8 Å². The summed E-state index contributed by atoms with van der Waals surface area (Å²) in [6.45, 7) is 1.17. The lowest BCUT2D eigenvalue weighted by Gasteiger charge is -2.56. The first-order valence-corrected chi connectivity index (χ1v) is 12.9. The zero-order valence-electron chi connectivity index (χ0n) is 18.3. The van der Waals surface area contributed by atoms with Crippen LogP contribution in [0, 0.1) is 23.2 Å². The minimum Gasteiger partial charge on any atom is -0.335 e. The first-order valence-electron chi connectivity index (χ1n) is 11.9. The summed E-state index contributed by atoms with van der Waals surface area (Å²) in [6.07, 6.45) is 10.5. The Morgan fingerprint density at radius 3 is 2.47 bits per heavy atom. The summed E-state index contributed by atoms with van der Waals surface area (Å²) >= 11 is 1.47. The van der Waals surface area contributed by atoms with E-state index in [1.54, 1.807) is 6.20 Å². The van der Waals surface area contributed by atoms with Crippen LogP contribution in [0.2, 0.25) is 0 Å². The van der Waals surface area contributed by atoms with Gasteiger partial charge < -0.3 is 4.90 Å². The van der Waals surface area contributed by atoms with Crippen molar-refractivity contribution in [3.05, 3.63) is 30.2 Å². The average molecular weight is 452 g/mol. The molecule has 7 nitrogen and oxygen atoms in total. The molecule has 8 heteroatoms. The third kappa shape index (κ3) is 3.56. The highest BCUT2D eigenvalue weighted by atomic mass is 32.2. The van der Waals surface area contributed by atoms with Gasteiger partial charge in [-0.2, -0.15) is 0 Å². The second-order valence-electron chi connectivity index (χ2n) is 10.3. The molecule has 0 radical (unpaired) electrons. The first kappa shape index (κ1) is 20.4. The Bertz CT molecular complexity index is 1000. The Kier molecular flexibility index (Phi) is 5.08. The van der Waals surface area contributed by atoms with Crippen molar-refractivity contribution in [1.82, 2.24) is 24.6 Å². The van der Waals surface area contributed by atoms with Crippen LogP contribution in [0.25, 0.3) is 5.82 Å². The van der Waals surface area contributed by atoms with Gasteiger partial charge in [-0.3, -0.25) is 14.2 Å². The number of hydrogen-bond acceptors (Lipinski definition) is 6. The number of likely N-dealkylation sites (tertiary alicyclic amines) is 1. The van der Waals surface area contributed by atoms with Crippen LogP contribution in [0.1, 0.15) is 57.2 Å². The van der Waals surface area contributed by atoms with Crippen molar-refractivity contribution in [2.24, 2.45) is 23.2 Å². The largest absolute Gasteiger partial charge is 0.335 e. The van der Waals surface area contributed by atoms with Gasteiger partial charge >= 0.3 is 0 Å². The standard InChI is InChI=1S/C24H29N5O2S/c30-19(24-11-16-8-17(12-24)10-18(9-16)13-24)15-32-23-27-26-21(14-28-7-3-5-22(28)31)29(23)20-4-1-2-6-25-20/h1-2,4,6,16-18H,3,5,7-15H2. The highest BCUT2D eigenvalue weighted by Crippen LogP contribution is 2.60. The van der Waals surface area contributed by atoms with Gasteiger partial charge in [0.25, 0.3) is 0 Å². The van der Waals surface area contributed by atoms with Crippen molar-refractivity contribution in [2.75, 3.05) is 12.3 Å². The highest BCUT2D eigenvalue weighted by Gasteiger charge is 2.54. The summed E-state index contributed by atoms with van der Waals surface area (Å²) in [6, 6.07) is 5.73. The summed E-state index contributed by atoms with van der Waals surface area (Å²) < 4.78 is 1.92. The number of pyridine rings is 1. The van der Waals surface area contributed by atoms with E-state index in [0.29, 0.717) is 35.5 Å². The lowest BCUT2D eigenvalue weighted by atomic mass is 9.48. The molecule has 4 saturated carbocycles. The third-order valence-electron chi connectivity index (χ3n) is 8.04. The Hall–Kier alpha value is -2.22. The minimum atomic E-state index is -0.0948. The van der Waals surface area contributed by atoms with Crippen molar-refractivity contribution in [1.29, 1.82) is 0 Å². The number of carbonyl (C=O) groups excluding carboxylic acids is 2. The fourth-order valence-corrected chi connectivity index (χ4v) is 7.98. The van der Waals surface area contributed by atoms with Gasteiger partial charge in [0, 0.05) is 24.6 Å². The molecule has 7 rings (SSSR count). The van der Waals surface area contributed by atoms with E-state index in [-0.39, 0.29) is 11.3 Å². The molecule has 0 N–H and O–H groups in total. The fraction of sp³-hybridized carbons (Fsp3) is 0.625. The zero-order valence-corrected chi connectivity index (χ0v) is 19.1. The molecule has 5 fully saturated rings. The normalized spacial score (nSPS) is 30.9. The van der Waals surface area contributed by atoms with Crippen molar-refractivity contribution in [3.8, 4) is 5.82 Å². The van der Waals surface area contributed by atoms with Gasteiger partial charge in [-0.05, 0) is 74.8 Å². The maximum Gasteiger partial charge on any atom is 0.223 e. The second kappa shape index (κ2) is 7.97. The van der Waals surface area contributed by atoms with Crippen LogP contribution in [-0.2, 0) is 16.1 Å². The second-order valence-corrected chi connectivity index (χ2v) is 11.2. The maximum absolute atomic E-state index is 13.5. The van der Waals surface area contributed by atoms with E-state index in [4.69, 9.17) is 0 Å². The summed E-state index contributed by atoms with van der Waals surface area (Å²) in [4.78, 5) is 32.0. The van der Waals surface area contributed by atoms with E-state index < -0.39 is 0 Å². The van der Waals surface area contributed by atoms with Crippen LogP contribution in [0.4, 0.5) is 0 Å². The summed E-state index contributed by atoms with van der Waals surface area (Å²) in [5.41, 5.74) is -0.0948. The monoisotopic (exact) mass is 451 g/mol. The predicted octanol–water partition coefficient (Wildman–Crippen LogP) is 3.66. The van der Waals surface area contributed by atoms with Gasteiger partial charge in [0.1, 0.15) is 11.6 Å². The number of aromatic nitrogens is 4. The minimum absolute atomic E-state index is 0.0948. The number of rotatable bonds is 7. The lowest BCUT2D eigenvalue weighted by Crippen LogP contribution is -2.50. The van der Waals surface area contributed by atoms with Gasteiger partial charge in [-0.25, -0.2) is 4.98 Å². The number of Topliss-reactive ketones (excluding diaryl/α,β-unsaturated/α-hetero) is 1. The number of hydrogen-bond donors (Lipinski definition) is 0. The molecule has 4 bridgehead atoms. The lowest BCUT2D eigenvalue weighted by molar-refractivity contribution is -0.141. The van der Waals surface area contributed by atoms with Gasteiger partial charge in [-0.1, -0.05) is 17.8 Å². The van der Waals surface area contributed by atoms with Crippen molar-refractivity contribution >= 4 is 23.5 Å². The Morgan fingerprint density at radius 1 is 1.09 bits per heavy atom. The highest BCUT2D eigenvalue weighted by molar-refractivity contribution is 7.99. The van der Waals surface area contributed by atoms with Gasteiger partial charge in [0.05, 0.1) is 12.3 Å². The molecule has 1 amide bonds. The summed E-state index contributed by atoms with van der Waals surface area (Å²) in [5, 5.41) is 9.52. The van der Waals surface area contributed by atoms with Gasteiger partial charge in [-0.15, -0.1) is 10.2 Å². The molecule has 0 atom stereocenters.